The molecule has 4 N–H and O–H groups in total. The zero-order valence-corrected chi connectivity index (χ0v) is 8.34. The number of hydrogen-bond donors (Lipinski definition) is 3. The van der Waals surface area contributed by atoms with Gasteiger partial charge in [-0.1, -0.05) is 30.3 Å². The van der Waals surface area contributed by atoms with Crippen LogP contribution in [-0.4, -0.2) is 28.3 Å². The molecular formula is C11H15NO3. The van der Waals surface area contributed by atoms with Crippen LogP contribution in [0.4, 0.5) is 0 Å². The first-order valence-electron chi connectivity index (χ1n) is 4.81. The summed E-state index contributed by atoms with van der Waals surface area (Å²) >= 11 is 0. The third-order valence-electron chi connectivity index (χ3n) is 2.27. The number of carboxylic acids is 1. The van der Waals surface area contributed by atoms with E-state index < -0.39 is 18.1 Å². The lowest BCUT2D eigenvalue weighted by Gasteiger charge is -2.14. The number of carboxylic acid groups (broad SMARTS) is 1. The van der Waals surface area contributed by atoms with Crippen molar-refractivity contribution in [3.05, 3.63) is 35.9 Å². The molecule has 82 valence electrons. The predicted octanol–water partition coefficient (Wildman–Crippen LogP) is 0.392. The van der Waals surface area contributed by atoms with E-state index in [9.17, 15) is 9.90 Å². The van der Waals surface area contributed by atoms with E-state index in [-0.39, 0.29) is 0 Å². The fourth-order valence-electron chi connectivity index (χ4n) is 1.30. The average molecular weight is 209 g/mol. The Morgan fingerprint density at radius 1 is 1.33 bits per heavy atom. The SMILES string of the molecule is NC(C(=O)O)[C@@H](O)CCc1ccccc1. The van der Waals surface area contributed by atoms with Gasteiger partial charge in [0.25, 0.3) is 0 Å². The molecule has 0 heterocycles. The highest BCUT2D eigenvalue weighted by Gasteiger charge is 2.21. The highest BCUT2D eigenvalue weighted by Crippen LogP contribution is 2.06. The average Bonchev–Trinajstić information content (AvgIpc) is 2.26. The van der Waals surface area contributed by atoms with Crippen LogP contribution >= 0.6 is 0 Å². The van der Waals surface area contributed by atoms with E-state index in [0.717, 1.165) is 5.56 Å². The molecule has 0 aromatic heterocycles. The molecule has 1 rings (SSSR count). The third kappa shape index (κ3) is 3.69. The lowest BCUT2D eigenvalue weighted by atomic mass is 10.0. The molecular weight excluding hydrogens is 194 g/mol. The molecule has 1 aromatic rings. The second-order valence-corrected chi connectivity index (χ2v) is 3.46. The summed E-state index contributed by atoms with van der Waals surface area (Å²) in [7, 11) is 0. The third-order valence-corrected chi connectivity index (χ3v) is 2.27. The summed E-state index contributed by atoms with van der Waals surface area (Å²) in [6.45, 7) is 0. The first-order valence-corrected chi connectivity index (χ1v) is 4.81. The van der Waals surface area contributed by atoms with Gasteiger partial charge in [-0.05, 0) is 18.4 Å². The van der Waals surface area contributed by atoms with Crippen LogP contribution in [0.25, 0.3) is 0 Å². The number of carbonyl (C=O) groups is 1. The predicted molar refractivity (Wildman–Crippen MR) is 56.4 cm³/mol. The Labute approximate surface area is 88.3 Å². The molecule has 0 radical (unpaired) electrons. The van der Waals surface area contributed by atoms with Crippen molar-refractivity contribution < 1.29 is 15.0 Å². The summed E-state index contributed by atoms with van der Waals surface area (Å²) in [5.74, 6) is -1.17. The Morgan fingerprint density at radius 2 is 1.93 bits per heavy atom. The monoisotopic (exact) mass is 209 g/mol. The van der Waals surface area contributed by atoms with Crippen molar-refractivity contribution in [2.45, 2.75) is 25.0 Å². The van der Waals surface area contributed by atoms with Crippen LogP contribution in [-0.2, 0) is 11.2 Å². The molecule has 0 fully saturated rings. The van der Waals surface area contributed by atoms with E-state index in [4.69, 9.17) is 10.8 Å². The number of aryl methyl sites for hydroxylation is 1. The number of hydrogen-bond acceptors (Lipinski definition) is 3. The first kappa shape index (κ1) is 11.7. The molecule has 0 aliphatic heterocycles. The minimum absolute atomic E-state index is 0.359. The maximum atomic E-state index is 10.5. The molecule has 0 aliphatic carbocycles. The van der Waals surface area contributed by atoms with Gasteiger partial charge in [-0.15, -0.1) is 0 Å². The number of benzene rings is 1. The van der Waals surface area contributed by atoms with Crippen LogP contribution in [0.5, 0.6) is 0 Å². The van der Waals surface area contributed by atoms with Gasteiger partial charge >= 0.3 is 5.97 Å². The highest BCUT2D eigenvalue weighted by atomic mass is 16.4. The van der Waals surface area contributed by atoms with Crippen LogP contribution in [0, 0.1) is 0 Å². The van der Waals surface area contributed by atoms with Crippen molar-refractivity contribution in [3.8, 4) is 0 Å². The molecule has 0 bridgehead atoms. The smallest absolute Gasteiger partial charge is 0.323 e. The number of aliphatic carboxylic acids is 1. The Kier molecular flexibility index (Phi) is 4.27. The van der Waals surface area contributed by atoms with Crippen LogP contribution in [0.1, 0.15) is 12.0 Å². The van der Waals surface area contributed by atoms with Crippen molar-refractivity contribution in [2.24, 2.45) is 5.73 Å². The van der Waals surface area contributed by atoms with E-state index in [1.807, 2.05) is 30.3 Å². The molecule has 1 unspecified atom stereocenters. The molecule has 0 saturated carbocycles. The van der Waals surface area contributed by atoms with Gasteiger partial charge in [0.2, 0.25) is 0 Å². The molecule has 0 amide bonds. The Hall–Kier alpha value is -1.39. The van der Waals surface area contributed by atoms with E-state index in [0.29, 0.717) is 12.8 Å². The molecule has 4 nitrogen and oxygen atoms in total. The summed E-state index contributed by atoms with van der Waals surface area (Å²) in [5, 5.41) is 18.0. The number of nitrogens with two attached hydrogens (primary N) is 1. The number of aliphatic hydroxyl groups excluding tert-OH is 1. The van der Waals surface area contributed by atoms with Crippen molar-refractivity contribution in [3.63, 3.8) is 0 Å². The number of aliphatic hydroxyl groups is 1. The zero-order chi connectivity index (χ0) is 11.3. The molecule has 15 heavy (non-hydrogen) atoms. The van der Waals surface area contributed by atoms with Crippen LogP contribution in [0.2, 0.25) is 0 Å². The minimum Gasteiger partial charge on any atom is -0.480 e. The lowest BCUT2D eigenvalue weighted by Crippen LogP contribution is -2.41. The molecule has 4 heteroatoms. The van der Waals surface area contributed by atoms with Crippen LogP contribution in [0.3, 0.4) is 0 Å². The molecule has 0 spiro atoms. The van der Waals surface area contributed by atoms with E-state index in [1.165, 1.54) is 0 Å². The quantitative estimate of drug-likeness (QED) is 0.655. The van der Waals surface area contributed by atoms with Gasteiger partial charge in [-0.2, -0.15) is 0 Å². The maximum absolute atomic E-state index is 10.5. The van der Waals surface area contributed by atoms with E-state index >= 15 is 0 Å². The molecule has 2 atom stereocenters. The van der Waals surface area contributed by atoms with Gasteiger partial charge < -0.3 is 15.9 Å². The fraction of sp³-hybridized carbons (Fsp3) is 0.364. The minimum atomic E-state index is -1.20. The summed E-state index contributed by atoms with van der Waals surface area (Å²) in [4.78, 5) is 10.5. The van der Waals surface area contributed by atoms with Gasteiger partial charge in [0.15, 0.2) is 0 Å². The molecule has 0 aliphatic rings. The Bertz CT molecular complexity index is 313. The summed E-state index contributed by atoms with van der Waals surface area (Å²) in [5.41, 5.74) is 6.34. The van der Waals surface area contributed by atoms with Crippen molar-refractivity contribution >= 4 is 5.97 Å². The summed E-state index contributed by atoms with van der Waals surface area (Å²) < 4.78 is 0. The van der Waals surface area contributed by atoms with Gasteiger partial charge in [0.1, 0.15) is 6.04 Å². The highest BCUT2D eigenvalue weighted by molar-refractivity contribution is 5.73. The zero-order valence-electron chi connectivity index (χ0n) is 8.34. The fourth-order valence-corrected chi connectivity index (χ4v) is 1.30. The van der Waals surface area contributed by atoms with Gasteiger partial charge in [-0.3, -0.25) is 4.79 Å². The summed E-state index contributed by atoms with van der Waals surface area (Å²) in [6.07, 6.45) is -0.0109. The molecule has 0 saturated heterocycles. The van der Waals surface area contributed by atoms with Crippen LogP contribution in [0.15, 0.2) is 30.3 Å². The standard InChI is InChI=1S/C11H15NO3/c12-10(11(14)15)9(13)7-6-8-4-2-1-3-5-8/h1-5,9-10,13H,6-7,12H2,(H,14,15)/t9-,10?/m0/s1. The van der Waals surface area contributed by atoms with Crippen molar-refractivity contribution in [2.75, 3.05) is 0 Å². The maximum Gasteiger partial charge on any atom is 0.323 e. The lowest BCUT2D eigenvalue weighted by molar-refractivity contribution is -0.141. The van der Waals surface area contributed by atoms with Gasteiger partial charge in [-0.25, -0.2) is 0 Å². The second-order valence-electron chi connectivity index (χ2n) is 3.46. The molecule has 1 aromatic carbocycles. The van der Waals surface area contributed by atoms with Crippen molar-refractivity contribution in [1.29, 1.82) is 0 Å². The Balaban J connectivity index is 2.41. The van der Waals surface area contributed by atoms with Gasteiger partial charge in [0.05, 0.1) is 6.10 Å². The summed E-state index contributed by atoms with van der Waals surface area (Å²) in [6, 6.07) is 8.37. The largest absolute Gasteiger partial charge is 0.480 e. The van der Waals surface area contributed by atoms with Crippen LogP contribution < -0.4 is 5.73 Å². The topological polar surface area (TPSA) is 83.6 Å². The number of rotatable bonds is 5. The second kappa shape index (κ2) is 5.48. The van der Waals surface area contributed by atoms with Gasteiger partial charge in [0, 0.05) is 0 Å². The van der Waals surface area contributed by atoms with E-state index in [2.05, 4.69) is 0 Å². The first-order chi connectivity index (χ1) is 7.11. The Morgan fingerprint density at radius 3 is 2.47 bits per heavy atom. The van der Waals surface area contributed by atoms with Crippen molar-refractivity contribution in [1.82, 2.24) is 0 Å². The van der Waals surface area contributed by atoms with E-state index in [1.54, 1.807) is 0 Å². The normalized spacial score (nSPS) is 14.5.